The van der Waals surface area contributed by atoms with Gasteiger partial charge in [-0.15, -0.1) is 0 Å². The third-order valence-corrected chi connectivity index (χ3v) is 3.83. The van der Waals surface area contributed by atoms with Gasteiger partial charge >= 0.3 is 0 Å². The van der Waals surface area contributed by atoms with Gasteiger partial charge in [-0.3, -0.25) is 9.78 Å². The first-order valence-corrected chi connectivity index (χ1v) is 7.10. The molecular formula is C15H23N3O2. The highest BCUT2D eigenvalue weighted by atomic mass is 16.5. The zero-order valence-corrected chi connectivity index (χ0v) is 12.2. The molecule has 1 unspecified atom stereocenters. The number of amides is 1. The molecule has 0 saturated heterocycles. The number of rotatable bonds is 7. The highest BCUT2D eigenvalue weighted by Gasteiger charge is 2.34. The van der Waals surface area contributed by atoms with Crippen LogP contribution >= 0.6 is 0 Å². The number of carbonyl (C=O) groups excluding carboxylic acids is 1. The maximum absolute atomic E-state index is 12.5. The van der Waals surface area contributed by atoms with Crippen LogP contribution in [-0.2, 0) is 16.0 Å². The Labute approximate surface area is 120 Å². The van der Waals surface area contributed by atoms with E-state index in [1.807, 2.05) is 11.0 Å². The van der Waals surface area contributed by atoms with E-state index in [2.05, 4.69) is 11.9 Å². The number of ether oxygens (including phenoxy) is 1. The van der Waals surface area contributed by atoms with Crippen molar-refractivity contribution >= 4 is 11.6 Å². The second-order valence-corrected chi connectivity index (χ2v) is 5.42. The monoisotopic (exact) mass is 277 g/mol. The van der Waals surface area contributed by atoms with E-state index in [1.54, 1.807) is 19.4 Å². The number of carbonyl (C=O) groups is 1. The first-order chi connectivity index (χ1) is 9.61. The molecule has 5 nitrogen and oxygen atoms in total. The molecule has 1 heterocycles. The lowest BCUT2D eigenvalue weighted by Gasteiger charge is -2.29. The lowest BCUT2D eigenvalue weighted by molar-refractivity contribution is -0.133. The lowest BCUT2D eigenvalue weighted by Crippen LogP contribution is -2.42. The Kier molecular flexibility index (Phi) is 4.95. The second kappa shape index (κ2) is 6.70. The van der Waals surface area contributed by atoms with Crippen molar-refractivity contribution in [1.82, 2.24) is 9.88 Å². The first-order valence-electron chi connectivity index (χ1n) is 7.10. The maximum Gasteiger partial charge on any atom is 0.228 e. The standard InChI is InChI=1S/C15H23N3O2/c1-11(12-3-4-12)18(7-8-20-2)15(19)9-14-6-5-13(16)10-17-14/h5-6,10-12H,3-4,7-9,16H2,1-2H3. The largest absolute Gasteiger partial charge is 0.397 e. The molecule has 0 bridgehead atoms. The molecular weight excluding hydrogens is 254 g/mol. The topological polar surface area (TPSA) is 68.5 Å². The number of methoxy groups -OCH3 is 1. The summed E-state index contributed by atoms with van der Waals surface area (Å²) in [6, 6.07) is 3.87. The van der Waals surface area contributed by atoms with Crippen LogP contribution < -0.4 is 5.73 Å². The minimum atomic E-state index is 0.110. The van der Waals surface area contributed by atoms with E-state index in [4.69, 9.17) is 10.5 Å². The van der Waals surface area contributed by atoms with Crippen LogP contribution in [0.4, 0.5) is 5.69 Å². The number of pyridine rings is 1. The van der Waals surface area contributed by atoms with Gasteiger partial charge in [0.15, 0.2) is 0 Å². The predicted octanol–water partition coefficient (Wildman–Crippen LogP) is 1.48. The Hall–Kier alpha value is -1.62. The molecule has 1 amide bonds. The third kappa shape index (κ3) is 3.93. The van der Waals surface area contributed by atoms with Crippen molar-refractivity contribution in [3.8, 4) is 0 Å². The molecule has 5 heteroatoms. The summed E-state index contributed by atoms with van der Waals surface area (Å²) >= 11 is 0. The van der Waals surface area contributed by atoms with Crippen molar-refractivity contribution in [3.63, 3.8) is 0 Å². The van der Waals surface area contributed by atoms with Crippen molar-refractivity contribution in [2.75, 3.05) is 26.0 Å². The Morgan fingerprint density at radius 3 is 2.85 bits per heavy atom. The van der Waals surface area contributed by atoms with Crippen molar-refractivity contribution in [2.45, 2.75) is 32.2 Å². The minimum Gasteiger partial charge on any atom is -0.397 e. The van der Waals surface area contributed by atoms with Gasteiger partial charge in [-0.1, -0.05) is 0 Å². The van der Waals surface area contributed by atoms with E-state index in [1.165, 1.54) is 12.8 Å². The maximum atomic E-state index is 12.5. The van der Waals surface area contributed by atoms with Gasteiger partial charge in [-0.25, -0.2) is 0 Å². The molecule has 1 aliphatic carbocycles. The van der Waals surface area contributed by atoms with Gasteiger partial charge in [0.2, 0.25) is 5.91 Å². The normalized spacial score (nSPS) is 15.9. The molecule has 1 atom stereocenters. The molecule has 110 valence electrons. The highest BCUT2D eigenvalue weighted by Crippen LogP contribution is 2.35. The third-order valence-electron chi connectivity index (χ3n) is 3.83. The zero-order valence-electron chi connectivity index (χ0n) is 12.2. The van der Waals surface area contributed by atoms with Crippen LogP contribution in [0.2, 0.25) is 0 Å². The fraction of sp³-hybridized carbons (Fsp3) is 0.600. The molecule has 1 aromatic rings. The number of anilines is 1. The average molecular weight is 277 g/mol. The number of hydrogen-bond acceptors (Lipinski definition) is 4. The first kappa shape index (κ1) is 14.8. The summed E-state index contributed by atoms with van der Waals surface area (Å²) < 4.78 is 5.11. The van der Waals surface area contributed by atoms with Crippen LogP contribution in [0, 0.1) is 5.92 Å². The summed E-state index contributed by atoms with van der Waals surface area (Å²) in [5.41, 5.74) is 6.98. The summed E-state index contributed by atoms with van der Waals surface area (Å²) in [5.74, 6) is 0.758. The Morgan fingerprint density at radius 1 is 1.55 bits per heavy atom. The summed E-state index contributed by atoms with van der Waals surface area (Å²) in [4.78, 5) is 18.6. The fourth-order valence-corrected chi connectivity index (χ4v) is 2.38. The van der Waals surface area contributed by atoms with Crippen molar-refractivity contribution < 1.29 is 9.53 Å². The Bertz CT molecular complexity index is 443. The number of nitrogens with zero attached hydrogens (tertiary/aromatic N) is 2. The molecule has 0 aliphatic heterocycles. The van der Waals surface area contributed by atoms with Crippen LogP contribution in [0.15, 0.2) is 18.3 Å². The molecule has 2 rings (SSSR count). The molecule has 0 radical (unpaired) electrons. The summed E-state index contributed by atoms with van der Waals surface area (Å²) in [6.07, 6.45) is 4.35. The number of hydrogen-bond donors (Lipinski definition) is 1. The van der Waals surface area contributed by atoms with Crippen LogP contribution in [0.25, 0.3) is 0 Å². The molecule has 1 aliphatic rings. The molecule has 1 aromatic heterocycles. The fourth-order valence-electron chi connectivity index (χ4n) is 2.38. The quantitative estimate of drug-likeness (QED) is 0.819. The average Bonchev–Trinajstić information content (AvgIpc) is 3.26. The molecule has 1 fully saturated rings. The predicted molar refractivity (Wildman–Crippen MR) is 78.1 cm³/mol. The highest BCUT2D eigenvalue weighted by molar-refractivity contribution is 5.78. The lowest BCUT2D eigenvalue weighted by atomic mass is 10.1. The van der Waals surface area contributed by atoms with E-state index in [-0.39, 0.29) is 11.9 Å². The van der Waals surface area contributed by atoms with Gasteiger partial charge in [-0.05, 0) is 37.8 Å². The molecule has 2 N–H and O–H groups in total. The van der Waals surface area contributed by atoms with Crippen LogP contribution in [0.3, 0.4) is 0 Å². The van der Waals surface area contributed by atoms with Crippen LogP contribution in [-0.4, -0.2) is 42.1 Å². The van der Waals surface area contributed by atoms with Crippen LogP contribution in [0.5, 0.6) is 0 Å². The number of nitrogens with two attached hydrogens (primary N) is 1. The van der Waals surface area contributed by atoms with Gasteiger partial charge < -0.3 is 15.4 Å². The van der Waals surface area contributed by atoms with Gasteiger partial charge in [0.1, 0.15) is 0 Å². The Balaban J connectivity index is 1.99. The van der Waals surface area contributed by atoms with Crippen molar-refractivity contribution in [3.05, 3.63) is 24.0 Å². The van der Waals surface area contributed by atoms with E-state index in [9.17, 15) is 4.79 Å². The summed E-state index contributed by atoms with van der Waals surface area (Å²) in [7, 11) is 1.66. The van der Waals surface area contributed by atoms with Crippen molar-refractivity contribution in [2.24, 2.45) is 5.92 Å². The summed E-state index contributed by atoms with van der Waals surface area (Å²) in [5, 5.41) is 0. The van der Waals surface area contributed by atoms with E-state index >= 15 is 0 Å². The van der Waals surface area contributed by atoms with Crippen LogP contribution in [0.1, 0.15) is 25.5 Å². The Morgan fingerprint density at radius 2 is 2.30 bits per heavy atom. The molecule has 1 saturated carbocycles. The smallest absolute Gasteiger partial charge is 0.228 e. The number of aromatic nitrogens is 1. The minimum absolute atomic E-state index is 0.110. The SMILES string of the molecule is COCCN(C(=O)Cc1ccc(N)cn1)C(C)C1CC1. The van der Waals surface area contributed by atoms with Crippen molar-refractivity contribution in [1.29, 1.82) is 0 Å². The van der Waals surface area contributed by atoms with Gasteiger partial charge in [-0.2, -0.15) is 0 Å². The van der Waals surface area contributed by atoms with Gasteiger partial charge in [0, 0.05) is 25.4 Å². The summed E-state index contributed by atoms with van der Waals surface area (Å²) in [6.45, 7) is 3.33. The van der Waals surface area contributed by atoms with Gasteiger partial charge in [0.25, 0.3) is 0 Å². The molecule has 20 heavy (non-hydrogen) atoms. The second-order valence-electron chi connectivity index (χ2n) is 5.42. The van der Waals surface area contributed by atoms with E-state index in [0.717, 1.165) is 5.69 Å². The number of nitrogen functional groups attached to an aromatic ring is 1. The molecule has 0 aromatic carbocycles. The van der Waals surface area contributed by atoms with E-state index in [0.29, 0.717) is 31.2 Å². The molecule has 0 spiro atoms. The van der Waals surface area contributed by atoms with E-state index < -0.39 is 0 Å². The zero-order chi connectivity index (χ0) is 14.5. The van der Waals surface area contributed by atoms with Gasteiger partial charge in [0.05, 0.1) is 24.9 Å².